The fourth-order valence-electron chi connectivity index (χ4n) is 7.42. The van der Waals surface area contributed by atoms with E-state index in [1.165, 1.54) is 17.8 Å². The molecule has 4 heteroatoms. The van der Waals surface area contributed by atoms with E-state index < -0.39 is 61.1 Å². The Morgan fingerprint density at radius 2 is 1.36 bits per heavy atom. The maximum atomic E-state index is 11.3. The molecule has 0 spiro atoms. The summed E-state index contributed by atoms with van der Waals surface area (Å²) in [7, 11) is 0. The lowest BCUT2D eigenvalue weighted by molar-refractivity contribution is 0.477. The molecule has 0 unspecified atom stereocenters. The van der Waals surface area contributed by atoms with Crippen LogP contribution in [0.4, 0.5) is 0 Å². The Morgan fingerprint density at radius 1 is 0.638 bits per heavy atom. The molecule has 8 rings (SSSR count). The van der Waals surface area contributed by atoms with E-state index in [9.17, 15) is 5.11 Å². The number of hydrogen-bond acceptors (Lipinski definition) is 3. The Balaban J connectivity index is 1.33. The average Bonchev–Trinajstić information content (AvgIpc) is 3.68. The Morgan fingerprint density at radius 3 is 2.09 bits per heavy atom. The zero-order chi connectivity index (χ0) is 51.7. The summed E-state index contributed by atoms with van der Waals surface area (Å²) >= 11 is 0. The van der Waals surface area contributed by atoms with E-state index in [-0.39, 0.29) is 16.9 Å². The van der Waals surface area contributed by atoms with Gasteiger partial charge in [-0.15, -0.1) is 0 Å². The second-order valence-corrected chi connectivity index (χ2v) is 16.2. The molecule has 290 valence electrons. The number of fused-ring (bicyclic) bond motifs is 1. The first kappa shape index (κ1) is 25.9. The summed E-state index contributed by atoms with van der Waals surface area (Å²) < 4.78 is 112. The third-order valence-corrected chi connectivity index (χ3v) is 10.3. The number of benzene rings is 6. The van der Waals surface area contributed by atoms with Gasteiger partial charge in [0.05, 0.1) is 27.8 Å². The smallest absolute Gasteiger partial charge is 0.149 e. The summed E-state index contributed by atoms with van der Waals surface area (Å²) in [6.45, 7) is -0.790. The van der Waals surface area contributed by atoms with Gasteiger partial charge < -0.3 is 5.11 Å². The summed E-state index contributed by atoms with van der Waals surface area (Å²) in [5.74, 6) is 0.972. The maximum Gasteiger partial charge on any atom is 0.149 e. The maximum absolute atomic E-state index is 11.3. The SMILES string of the molecule is [2H]c1c([2H])c(C(C([2H])([2H])[2H])(C([2H])([2H])[2H])C([2H])([2H])[2H])c([2H])c([2H])c1-c1ccnc(-c2cc(-c3cccc4c3nc(-c3ccccc3O)n4-c3ccc(-c4ccccc4)c(CC(C)C)c3)cc(C(C)(C)C)c2)c1. The summed E-state index contributed by atoms with van der Waals surface area (Å²) in [6.07, 6.45) is 2.26. The lowest BCUT2D eigenvalue weighted by Crippen LogP contribution is -2.11. The van der Waals surface area contributed by atoms with Crippen molar-refractivity contribution in [3.63, 3.8) is 0 Å². The summed E-state index contributed by atoms with van der Waals surface area (Å²) in [5, 5.41) is 11.3. The van der Waals surface area contributed by atoms with Gasteiger partial charge in [0.15, 0.2) is 0 Å². The normalized spacial score (nSPS) is 16.0. The van der Waals surface area contributed by atoms with E-state index >= 15 is 0 Å². The van der Waals surface area contributed by atoms with Gasteiger partial charge in [0.2, 0.25) is 0 Å². The van der Waals surface area contributed by atoms with Crippen molar-refractivity contribution in [2.24, 2.45) is 5.92 Å². The molecule has 0 atom stereocenters. The number of imidazole rings is 1. The predicted octanol–water partition coefficient (Wildman–Crippen LogP) is 14.3. The molecular formula is C54H53N3O. The van der Waals surface area contributed by atoms with Gasteiger partial charge in [0.1, 0.15) is 11.6 Å². The minimum Gasteiger partial charge on any atom is -0.507 e. The molecule has 0 amide bonds. The minimum atomic E-state index is -3.80. The number of pyridine rings is 1. The van der Waals surface area contributed by atoms with Gasteiger partial charge >= 0.3 is 0 Å². The molecular weight excluding hydrogens is 707 g/mol. The molecule has 8 aromatic rings. The fraction of sp³-hybridized carbons (Fsp3) is 0.222. The monoisotopic (exact) mass is 773 g/mol. The molecule has 0 fully saturated rings. The van der Waals surface area contributed by atoms with Crippen molar-refractivity contribution in [3.05, 3.63) is 168 Å². The van der Waals surface area contributed by atoms with Crippen molar-refractivity contribution in [1.82, 2.24) is 14.5 Å². The Labute approximate surface area is 362 Å². The molecule has 0 radical (unpaired) electrons. The molecule has 2 aromatic heterocycles. The van der Waals surface area contributed by atoms with Crippen molar-refractivity contribution in [2.75, 3.05) is 0 Å². The van der Waals surface area contributed by atoms with E-state index in [1.54, 1.807) is 18.2 Å². The first-order chi connectivity index (χ1) is 33.2. The van der Waals surface area contributed by atoms with Gasteiger partial charge in [-0.05, 0) is 122 Å². The van der Waals surface area contributed by atoms with Crippen LogP contribution in [0.5, 0.6) is 5.75 Å². The highest BCUT2D eigenvalue weighted by atomic mass is 16.3. The highest BCUT2D eigenvalue weighted by Gasteiger charge is 2.23. The van der Waals surface area contributed by atoms with Crippen LogP contribution in [0.15, 0.2) is 152 Å². The number of phenols is 1. The van der Waals surface area contributed by atoms with Gasteiger partial charge in [0.25, 0.3) is 0 Å². The van der Waals surface area contributed by atoms with Crippen molar-refractivity contribution in [2.45, 2.75) is 72.4 Å². The van der Waals surface area contributed by atoms with Gasteiger partial charge in [0, 0.05) is 35.3 Å². The highest BCUT2D eigenvalue weighted by molar-refractivity contribution is 5.97. The average molecular weight is 773 g/mol. The van der Waals surface area contributed by atoms with Crippen LogP contribution in [-0.4, -0.2) is 19.6 Å². The number of phenolic OH excluding ortho intramolecular Hbond substituents is 1. The van der Waals surface area contributed by atoms with E-state index in [2.05, 4.69) is 75.6 Å². The number of hydrogen-bond donors (Lipinski definition) is 1. The largest absolute Gasteiger partial charge is 0.507 e. The summed E-state index contributed by atoms with van der Waals surface area (Å²) in [5.41, 5.74) is 4.23. The number of nitrogens with zero attached hydrogens (tertiary/aromatic N) is 3. The van der Waals surface area contributed by atoms with Crippen LogP contribution < -0.4 is 0 Å². The van der Waals surface area contributed by atoms with Gasteiger partial charge in [-0.3, -0.25) is 9.55 Å². The molecule has 0 aliphatic carbocycles. The molecule has 0 aliphatic rings. The van der Waals surface area contributed by atoms with Crippen LogP contribution in [0, 0.1) is 5.92 Å². The molecule has 0 saturated heterocycles. The fourth-order valence-corrected chi connectivity index (χ4v) is 7.42. The van der Waals surface area contributed by atoms with Gasteiger partial charge in [-0.2, -0.15) is 0 Å². The Bertz CT molecular complexity index is 3260. The molecule has 0 saturated carbocycles. The van der Waals surface area contributed by atoms with Crippen LogP contribution in [0.1, 0.15) is 89.7 Å². The lowest BCUT2D eigenvalue weighted by Gasteiger charge is -2.22. The second kappa shape index (κ2) is 15.2. The first-order valence-electron chi connectivity index (χ1n) is 25.9. The first-order valence-corrected chi connectivity index (χ1v) is 19.4. The van der Waals surface area contributed by atoms with Crippen molar-refractivity contribution >= 4 is 11.0 Å². The van der Waals surface area contributed by atoms with Crippen LogP contribution in [0.25, 0.3) is 72.7 Å². The molecule has 58 heavy (non-hydrogen) atoms. The second-order valence-electron chi connectivity index (χ2n) is 16.2. The molecule has 2 heterocycles. The quantitative estimate of drug-likeness (QED) is 0.167. The zero-order valence-electron chi connectivity index (χ0n) is 46.2. The number of aromatic nitrogens is 3. The topological polar surface area (TPSA) is 50.9 Å². The summed E-state index contributed by atoms with van der Waals surface area (Å²) in [4.78, 5) is 10.0. The predicted molar refractivity (Wildman–Crippen MR) is 244 cm³/mol. The Hall–Kier alpha value is -6.26. The highest BCUT2D eigenvalue weighted by Crippen LogP contribution is 2.41. The van der Waals surface area contributed by atoms with Gasteiger partial charge in [-0.1, -0.05) is 146 Å². The van der Waals surface area contributed by atoms with Crippen LogP contribution in [-0.2, 0) is 17.3 Å². The van der Waals surface area contributed by atoms with Crippen molar-refractivity contribution in [3.8, 4) is 67.5 Å². The van der Waals surface area contributed by atoms with E-state index in [0.29, 0.717) is 34.1 Å². The molecule has 0 aliphatic heterocycles. The Kier molecular flexibility index (Phi) is 6.80. The third-order valence-electron chi connectivity index (χ3n) is 10.3. The molecule has 0 bridgehead atoms. The van der Waals surface area contributed by atoms with E-state index in [4.69, 9.17) is 27.8 Å². The lowest BCUT2D eigenvalue weighted by atomic mass is 9.83. The van der Waals surface area contributed by atoms with Crippen molar-refractivity contribution < 1.29 is 22.9 Å². The molecule has 6 aromatic carbocycles. The number of para-hydroxylation sites is 2. The zero-order valence-corrected chi connectivity index (χ0v) is 33.2. The summed E-state index contributed by atoms with van der Waals surface area (Å²) in [6, 6.07) is 35.0. The van der Waals surface area contributed by atoms with Crippen molar-refractivity contribution in [1.29, 1.82) is 0 Å². The molecule has 1 N–H and O–H groups in total. The number of rotatable bonds is 8. The minimum absolute atomic E-state index is 0.0689. The van der Waals surface area contributed by atoms with Gasteiger partial charge in [-0.25, -0.2) is 4.98 Å². The van der Waals surface area contributed by atoms with Crippen LogP contribution in [0.3, 0.4) is 0 Å². The van der Waals surface area contributed by atoms with E-state index in [0.717, 1.165) is 45.4 Å². The third kappa shape index (κ3) is 7.72. The number of aromatic hydroxyl groups is 1. The van der Waals surface area contributed by atoms with Crippen LogP contribution in [0.2, 0.25) is 0 Å². The van der Waals surface area contributed by atoms with Crippen LogP contribution >= 0.6 is 0 Å². The standard InChI is InChI=1S/C54H53N3O/c1-35(2)29-39-33-44(25-26-45(39)37-15-10-9-11-16-37)57-49-19-14-18-46(51(49)56-52(57)47-17-12-13-20-50(47)58)40-30-41(32-43(31-40)54(6,7)8)48-34-38(27-28-55-48)36-21-23-42(24-22-36)53(3,4)5/h9-28,30-35,58H,29H2,1-8H3/i3D3,4D3,5D3,21D,22D,23D,24D. The van der Waals surface area contributed by atoms with E-state index in [1.807, 2.05) is 60.7 Å². The molecule has 4 nitrogen and oxygen atoms in total.